The third-order valence-corrected chi connectivity index (χ3v) is 14.1. The molecule has 1 aliphatic carbocycles. The van der Waals surface area contributed by atoms with E-state index < -0.39 is 34.9 Å². The summed E-state index contributed by atoms with van der Waals surface area (Å²) in [6.07, 6.45) is 3.18. The number of likely N-dealkylation sites (tertiary alicyclic amines) is 1. The third-order valence-electron chi connectivity index (χ3n) is 13.6. The maximum absolute atomic E-state index is 13.7. The zero-order valence-electron chi connectivity index (χ0n) is 40.5. The van der Waals surface area contributed by atoms with Crippen molar-refractivity contribution in [3.8, 4) is 11.8 Å². The maximum atomic E-state index is 13.7. The first-order valence-corrected chi connectivity index (χ1v) is 24.5. The number of hydrogen-bond acceptors (Lipinski definition) is 10. The standard InChI is InChI=1S/C51H67Cl2N9O6/c1-31(2)24-40(45(65)57-33(4)47(67)62-30-32(3)25-41(62)46(66)56-28-34-11-15-37(52)16-12-34)58-43(63)10-9-19-60-20-22-61(23-21-60)42-18-14-36(29-55-42)44(64)59-48-50(5,6)49(51(48,7)8)68-38-17-13-35(27-54)39(53)26-38/h11-18,26,29,31-33,40-41,48-49H,9-10,19-25,28,30H2,1-8H3,(H,56,66)(H,57,65)(H,58,63)(H,59,64)/t32-,33+,40+,41+,48?,49?/m1/s1. The predicted octanol–water partition coefficient (Wildman–Crippen LogP) is 6.36. The van der Waals surface area contributed by atoms with Gasteiger partial charge in [-0.25, -0.2) is 4.98 Å². The lowest BCUT2D eigenvalue weighted by molar-refractivity contribution is -0.164. The molecule has 1 aromatic heterocycles. The highest BCUT2D eigenvalue weighted by Gasteiger charge is 2.64. The Morgan fingerprint density at radius 2 is 1.62 bits per heavy atom. The Bertz CT molecular complexity index is 2310. The number of pyridine rings is 1. The second-order valence-electron chi connectivity index (χ2n) is 20.3. The van der Waals surface area contributed by atoms with Crippen LogP contribution in [0, 0.1) is 34.0 Å². The van der Waals surface area contributed by atoms with E-state index in [9.17, 15) is 29.2 Å². The highest BCUT2D eigenvalue weighted by Crippen LogP contribution is 2.55. The lowest BCUT2D eigenvalue weighted by atomic mass is 9.49. The molecule has 0 unspecified atom stereocenters. The molecule has 4 atom stereocenters. The highest BCUT2D eigenvalue weighted by molar-refractivity contribution is 6.31. The predicted molar refractivity (Wildman–Crippen MR) is 263 cm³/mol. The van der Waals surface area contributed by atoms with Gasteiger partial charge in [0.25, 0.3) is 5.91 Å². The van der Waals surface area contributed by atoms with Crippen molar-refractivity contribution in [3.05, 3.63) is 87.5 Å². The Hall–Kier alpha value is -5.43. The third kappa shape index (κ3) is 12.6. The minimum atomic E-state index is -0.895. The summed E-state index contributed by atoms with van der Waals surface area (Å²) < 4.78 is 6.37. The SMILES string of the molecule is CC(C)C[C@H](NC(=O)CCCN1CCN(c2ccc(C(=O)NC3C(C)(C)C(Oc4ccc(C#N)c(Cl)c4)C3(C)C)cn2)CC1)C(=O)N[C@@H](C)C(=O)N1C[C@H](C)C[C@H]1C(=O)NCc1ccc(Cl)cc1. The first kappa shape index (κ1) is 52.0. The number of nitrogens with one attached hydrogen (secondary N) is 4. The van der Waals surface area contributed by atoms with Crippen LogP contribution >= 0.6 is 23.2 Å². The Balaban J connectivity index is 0.915. The van der Waals surface area contributed by atoms with Gasteiger partial charge in [0.15, 0.2) is 0 Å². The normalized spacial score (nSPS) is 21.7. The molecule has 0 spiro atoms. The van der Waals surface area contributed by atoms with Crippen LogP contribution in [0.3, 0.4) is 0 Å². The van der Waals surface area contributed by atoms with Gasteiger partial charge in [0.1, 0.15) is 41.9 Å². The van der Waals surface area contributed by atoms with Crippen molar-refractivity contribution in [1.82, 2.24) is 36.1 Å². The first-order valence-electron chi connectivity index (χ1n) is 23.7. The molecule has 3 aliphatic rings. The number of aromatic nitrogens is 1. The van der Waals surface area contributed by atoms with E-state index in [1.807, 2.05) is 39.0 Å². The lowest BCUT2D eigenvalue weighted by Crippen LogP contribution is -2.74. The second-order valence-corrected chi connectivity index (χ2v) is 21.2. The number of piperazine rings is 1. The molecule has 2 saturated heterocycles. The van der Waals surface area contributed by atoms with Crippen LogP contribution in [0.4, 0.5) is 5.82 Å². The van der Waals surface area contributed by atoms with Gasteiger partial charge in [-0.1, -0.05) is 83.8 Å². The number of carbonyl (C=O) groups excluding carboxylic acids is 5. The van der Waals surface area contributed by atoms with E-state index in [0.29, 0.717) is 65.8 Å². The molecule has 0 radical (unpaired) electrons. The van der Waals surface area contributed by atoms with Gasteiger partial charge in [0, 0.05) is 79.8 Å². The van der Waals surface area contributed by atoms with Gasteiger partial charge in [0.05, 0.1) is 16.1 Å². The van der Waals surface area contributed by atoms with Crippen LogP contribution < -0.4 is 30.9 Å². The van der Waals surface area contributed by atoms with Crippen molar-refractivity contribution in [1.29, 1.82) is 5.26 Å². The summed E-state index contributed by atoms with van der Waals surface area (Å²) in [5, 5.41) is 22.1. The number of ether oxygens (including phenoxy) is 1. The molecule has 2 aromatic carbocycles. The second kappa shape index (κ2) is 22.3. The van der Waals surface area contributed by atoms with Crippen molar-refractivity contribution >= 4 is 58.6 Å². The van der Waals surface area contributed by atoms with Crippen LogP contribution in [-0.4, -0.2) is 114 Å². The van der Waals surface area contributed by atoms with Crippen LogP contribution in [0.2, 0.25) is 10.0 Å². The fraction of sp³-hybridized carbons (Fsp3) is 0.549. The summed E-state index contributed by atoms with van der Waals surface area (Å²) in [5.41, 5.74) is 0.946. The molecule has 6 rings (SSSR count). The van der Waals surface area contributed by atoms with E-state index in [4.69, 9.17) is 27.9 Å². The van der Waals surface area contributed by atoms with Crippen molar-refractivity contribution in [2.24, 2.45) is 22.7 Å². The quantitative estimate of drug-likeness (QED) is 0.112. The molecule has 0 bridgehead atoms. The molecule has 3 heterocycles. The molecule has 3 aromatic rings. The van der Waals surface area contributed by atoms with Gasteiger partial charge in [0.2, 0.25) is 23.6 Å². The van der Waals surface area contributed by atoms with E-state index in [1.54, 1.807) is 54.4 Å². The first-order chi connectivity index (χ1) is 32.2. The number of anilines is 1. The molecular weight excluding hydrogens is 906 g/mol. The zero-order chi connectivity index (χ0) is 49.5. The van der Waals surface area contributed by atoms with Gasteiger partial charge in [-0.05, 0) is 86.5 Å². The van der Waals surface area contributed by atoms with E-state index in [0.717, 1.165) is 37.6 Å². The number of rotatable bonds is 18. The van der Waals surface area contributed by atoms with Crippen molar-refractivity contribution < 1.29 is 28.7 Å². The van der Waals surface area contributed by atoms with Crippen LogP contribution in [0.5, 0.6) is 5.75 Å². The van der Waals surface area contributed by atoms with Gasteiger partial charge < -0.3 is 35.8 Å². The Morgan fingerprint density at radius 1 is 0.926 bits per heavy atom. The number of carbonyl (C=O) groups is 5. The Morgan fingerprint density at radius 3 is 2.24 bits per heavy atom. The molecule has 1 saturated carbocycles. The van der Waals surface area contributed by atoms with Gasteiger partial charge in [-0.3, -0.25) is 28.9 Å². The van der Waals surface area contributed by atoms with Crippen molar-refractivity contribution in [2.75, 3.05) is 44.2 Å². The van der Waals surface area contributed by atoms with E-state index in [2.05, 4.69) is 69.8 Å². The summed E-state index contributed by atoms with van der Waals surface area (Å²) in [7, 11) is 0. The monoisotopic (exact) mass is 971 g/mol. The van der Waals surface area contributed by atoms with Gasteiger partial charge in [-0.15, -0.1) is 0 Å². The molecule has 4 N–H and O–H groups in total. The largest absolute Gasteiger partial charge is 0.489 e. The van der Waals surface area contributed by atoms with Crippen LogP contribution in [-0.2, 0) is 25.7 Å². The topological polar surface area (TPSA) is 189 Å². The Kier molecular flexibility index (Phi) is 17.1. The highest BCUT2D eigenvalue weighted by atomic mass is 35.5. The molecule has 3 fully saturated rings. The molecular formula is C51H67Cl2N9O6. The molecule has 68 heavy (non-hydrogen) atoms. The number of nitriles is 1. The fourth-order valence-electron chi connectivity index (χ4n) is 10.2. The number of halogens is 2. The van der Waals surface area contributed by atoms with Crippen LogP contribution in [0.1, 0.15) is 103 Å². The minimum absolute atomic E-state index is 0.106. The maximum Gasteiger partial charge on any atom is 0.253 e. The summed E-state index contributed by atoms with van der Waals surface area (Å²) >= 11 is 12.2. The van der Waals surface area contributed by atoms with Crippen molar-refractivity contribution in [2.45, 2.75) is 118 Å². The average molecular weight is 973 g/mol. The number of nitrogens with zero attached hydrogens (tertiary/aromatic N) is 5. The number of amides is 5. The fourth-order valence-corrected chi connectivity index (χ4v) is 10.6. The van der Waals surface area contributed by atoms with Crippen LogP contribution in [0.15, 0.2) is 60.8 Å². The number of benzene rings is 2. The van der Waals surface area contributed by atoms with E-state index >= 15 is 0 Å². The summed E-state index contributed by atoms with van der Waals surface area (Å²) in [6, 6.07) is 15.4. The smallest absolute Gasteiger partial charge is 0.253 e. The summed E-state index contributed by atoms with van der Waals surface area (Å²) in [5.74, 6) is 0.125. The van der Waals surface area contributed by atoms with E-state index in [-0.39, 0.29) is 54.0 Å². The number of hydrogen-bond donors (Lipinski definition) is 4. The molecule has 366 valence electrons. The molecule has 2 aliphatic heterocycles. The van der Waals surface area contributed by atoms with Gasteiger partial charge in [-0.2, -0.15) is 5.26 Å². The van der Waals surface area contributed by atoms with Gasteiger partial charge >= 0.3 is 0 Å². The summed E-state index contributed by atoms with van der Waals surface area (Å²) in [6.45, 7) is 20.3. The van der Waals surface area contributed by atoms with Crippen LogP contribution in [0.25, 0.3) is 0 Å². The van der Waals surface area contributed by atoms with Crippen molar-refractivity contribution in [3.63, 3.8) is 0 Å². The molecule has 15 nitrogen and oxygen atoms in total. The minimum Gasteiger partial charge on any atom is -0.489 e. The molecule has 17 heteroatoms. The summed E-state index contributed by atoms with van der Waals surface area (Å²) in [4.78, 5) is 77.9. The zero-order valence-corrected chi connectivity index (χ0v) is 42.0. The van der Waals surface area contributed by atoms with E-state index in [1.165, 1.54) is 0 Å². The Labute approximate surface area is 411 Å². The lowest BCUT2D eigenvalue weighted by Gasteiger charge is -2.63. The average Bonchev–Trinajstić information content (AvgIpc) is 3.70. The molecule has 5 amide bonds.